The number of benzene rings is 2. The Labute approximate surface area is 112 Å². The second-order valence-corrected chi connectivity index (χ2v) is 4.36. The van der Waals surface area contributed by atoms with Crippen LogP contribution >= 0.6 is 0 Å². The highest BCUT2D eigenvalue weighted by atomic mass is 19.4. The van der Waals surface area contributed by atoms with Crippen molar-refractivity contribution in [1.82, 2.24) is 0 Å². The fourth-order valence-electron chi connectivity index (χ4n) is 1.94. The van der Waals surface area contributed by atoms with Crippen LogP contribution in [0.25, 0.3) is 11.1 Å². The maximum absolute atomic E-state index is 13.5. The van der Waals surface area contributed by atoms with Crippen molar-refractivity contribution in [2.24, 2.45) is 0 Å². The first kappa shape index (κ1) is 14.5. The monoisotopic (exact) mass is 286 g/mol. The highest BCUT2D eigenvalue weighted by molar-refractivity contribution is 5.64. The third-order valence-corrected chi connectivity index (χ3v) is 3.02. The van der Waals surface area contributed by atoms with E-state index < -0.39 is 23.4 Å². The van der Waals surface area contributed by atoms with Crippen molar-refractivity contribution in [2.45, 2.75) is 19.5 Å². The summed E-state index contributed by atoms with van der Waals surface area (Å²) >= 11 is 0. The number of aryl methyl sites for hydroxylation is 1. The van der Waals surface area contributed by atoms with Gasteiger partial charge in [-0.15, -0.1) is 0 Å². The molecular weight excluding hydrogens is 275 g/mol. The Balaban J connectivity index is 2.49. The molecule has 0 bridgehead atoms. The van der Waals surface area contributed by atoms with E-state index in [9.17, 15) is 22.0 Å². The summed E-state index contributed by atoms with van der Waals surface area (Å²) in [6, 6.07) is 8.19. The molecule has 0 nitrogen and oxygen atoms in total. The lowest BCUT2D eigenvalue weighted by atomic mass is 10.0. The Kier molecular flexibility index (Phi) is 3.79. The highest BCUT2D eigenvalue weighted by Gasteiger charge is 2.37. The van der Waals surface area contributed by atoms with E-state index in [1.807, 2.05) is 6.92 Å². The maximum atomic E-state index is 13.5. The Hall–Kier alpha value is -1.91. The van der Waals surface area contributed by atoms with Crippen LogP contribution in [0.1, 0.15) is 18.1 Å². The predicted octanol–water partition coefficient (Wildman–Crippen LogP) is 5.21. The molecule has 0 atom stereocenters. The van der Waals surface area contributed by atoms with Crippen molar-refractivity contribution in [3.05, 3.63) is 59.2 Å². The second-order valence-electron chi connectivity index (χ2n) is 4.36. The topological polar surface area (TPSA) is 0 Å². The smallest absolute Gasteiger partial charge is 0.206 e. The Morgan fingerprint density at radius 2 is 1.35 bits per heavy atom. The third-order valence-electron chi connectivity index (χ3n) is 3.02. The summed E-state index contributed by atoms with van der Waals surface area (Å²) in [7, 11) is 0. The second kappa shape index (κ2) is 5.23. The fraction of sp³-hybridized carbons (Fsp3) is 0.200. The van der Waals surface area contributed by atoms with Crippen LogP contribution in [0.5, 0.6) is 0 Å². The largest absolute Gasteiger partial charge is 0.422 e. The fourth-order valence-corrected chi connectivity index (χ4v) is 1.94. The van der Waals surface area contributed by atoms with E-state index in [-0.39, 0.29) is 5.56 Å². The number of hydrogen-bond acceptors (Lipinski definition) is 0. The van der Waals surface area contributed by atoms with Crippen molar-refractivity contribution in [1.29, 1.82) is 0 Å². The molecule has 0 amide bonds. The Morgan fingerprint density at radius 1 is 0.850 bits per heavy atom. The lowest BCUT2D eigenvalue weighted by Crippen LogP contribution is -2.11. The summed E-state index contributed by atoms with van der Waals surface area (Å²) in [5.41, 5.74) is -0.280. The van der Waals surface area contributed by atoms with Gasteiger partial charge in [0.2, 0.25) is 0 Å². The number of hydrogen-bond donors (Lipinski definition) is 0. The average Bonchev–Trinajstić information content (AvgIpc) is 2.36. The predicted molar refractivity (Wildman–Crippen MR) is 66.2 cm³/mol. The molecule has 0 fully saturated rings. The van der Waals surface area contributed by atoms with E-state index in [0.29, 0.717) is 17.7 Å². The van der Waals surface area contributed by atoms with Gasteiger partial charge in [0, 0.05) is 0 Å². The normalized spacial score (nSPS) is 11.7. The van der Waals surface area contributed by atoms with Crippen molar-refractivity contribution in [2.75, 3.05) is 0 Å². The van der Waals surface area contributed by atoms with Gasteiger partial charge in [0.1, 0.15) is 17.2 Å². The molecule has 2 aromatic rings. The van der Waals surface area contributed by atoms with Crippen LogP contribution in [-0.2, 0) is 12.6 Å². The van der Waals surface area contributed by atoms with E-state index >= 15 is 0 Å². The molecule has 0 aliphatic heterocycles. The van der Waals surface area contributed by atoms with E-state index in [1.54, 1.807) is 24.3 Å². The van der Waals surface area contributed by atoms with Gasteiger partial charge in [0.15, 0.2) is 0 Å². The zero-order valence-electron chi connectivity index (χ0n) is 10.6. The molecule has 0 heterocycles. The number of halogens is 5. The molecule has 2 rings (SSSR count). The molecule has 0 aromatic heterocycles. The van der Waals surface area contributed by atoms with Crippen LogP contribution in [-0.4, -0.2) is 0 Å². The zero-order chi connectivity index (χ0) is 14.9. The first-order valence-corrected chi connectivity index (χ1v) is 5.98. The molecule has 0 spiro atoms. The molecule has 0 saturated heterocycles. The zero-order valence-corrected chi connectivity index (χ0v) is 10.6. The molecule has 0 aliphatic rings. The standard InChI is InChI=1S/C15H11F5/c1-2-9-3-5-10(6-4-9)11-7-12(16)14(13(17)8-11)15(18,19)20/h3-8H,2H2,1H3. The minimum atomic E-state index is -5.04. The SMILES string of the molecule is CCc1ccc(-c2cc(F)c(C(F)(F)F)c(F)c2)cc1. The van der Waals surface area contributed by atoms with Gasteiger partial charge in [-0.1, -0.05) is 31.2 Å². The van der Waals surface area contributed by atoms with E-state index in [4.69, 9.17) is 0 Å². The van der Waals surface area contributed by atoms with Crippen molar-refractivity contribution >= 4 is 0 Å². The molecule has 0 N–H and O–H groups in total. The molecule has 0 radical (unpaired) electrons. The van der Waals surface area contributed by atoms with Gasteiger partial charge in [-0.05, 0) is 35.2 Å². The highest BCUT2D eigenvalue weighted by Crippen LogP contribution is 2.35. The molecule has 2 aromatic carbocycles. The van der Waals surface area contributed by atoms with Crippen molar-refractivity contribution < 1.29 is 22.0 Å². The summed E-state index contributed by atoms with van der Waals surface area (Å²) in [6.45, 7) is 1.95. The first-order valence-electron chi connectivity index (χ1n) is 5.98. The molecule has 106 valence electrons. The molecule has 20 heavy (non-hydrogen) atoms. The van der Waals surface area contributed by atoms with E-state index in [1.165, 1.54) is 0 Å². The van der Waals surface area contributed by atoms with Crippen LogP contribution in [0, 0.1) is 11.6 Å². The van der Waals surface area contributed by atoms with E-state index in [2.05, 4.69) is 0 Å². The first-order chi connectivity index (χ1) is 9.32. The van der Waals surface area contributed by atoms with Gasteiger partial charge >= 0.3 is 6.18 Å². The van der Waals surface area contributed by atoms with Gasteiger partial charge in [0.05, 0.1) is 0 Å². The van der Waals surface area contributed by atoms with Gasteiger partial charge in [-0.3, -0.25) is 0 Å². The molecular formula is C15H11F5. The molecule has 0 aliphatic carbocycles. The van der Waals surface area contributed by atoms with Crippen molar-refractivity contribution in [3.8, 4) is 11.1 Å². The van der Waals surface area contributed by atoms with Gasteiger partial charge in [-0.25, -0.2) is 8.78 Å². The molecule has 0 saturated carbocycles. The van der Waals surface area contributed by atoms with E-state index in [0.717, 1.165) is 12.0 Å². The summed E-state index contributed by atoms with van der Waals surface area (Å²) in [5, 5.41) is 0. The number of rotatable bonds is 2. The number of alkyl halides is 3. The quantitative estimate of drug-likeness (QED) is 0.664. The van der Waals surface area contributed by atoms with Crippen LogP contribution < -0.4 is 0 Å². The summed E-state index contributed by atoms with van der Waals surface area (Å²) in [6.07, 6.45) is -4.24. The van der Waals surface area contributed by atoms with Crippen LogP contribution in [0.15, 0.2) is 36.4 Å². The lowest BCUT2D eigenvalue weighted by molar-refractivity contribution is -0.142. The van der Waals surface area contributed by atoms with Crippen LogP contribution in [0.2, 0.25) is 0 Å². The minimum Gasteiger partial charge on any atom is -0.206 e. The molecule has 5 heteroatoms. The van der Waals surface area contributed by atoms with Gasteiger partial charge < -0.3 is 0 Å². The van der Waals surface area contributed by atoms with Gasteiger partial charge in [0.25, 0.3) is 0 Å². The van der Waals surface area contributed by atoms with Crippen LogP contribution in [0.3, 0.4) is 0 Å². The lowest BCUT2D eigenvalue weighted by Gasteiger charge is -2.11. The molecule has 0 unspecified atom stereocenters. The summed E-state index contributed by atoms with van der Waals surface area (Å²) < 4.78 is 64.3. The maximum Gasteiger partial charge on any atom is 0.422 e. The average molecular weight is 286 g/mol. The van der Waals surface area contributed by atoms with Crippen LogP contribution in [0.4, 0.5) is 22.0 Å². The third kappa shape index (κ3) is 2.81. The Bertz CT molecular complexity index is 588. The van der Waals surface area contributed by atoms with Crippen molar-refractivity contribution in [3.63, 3.8) is 0 Å². The minimum absolute atomic E-state index is 0.0793. The Morgan fingerprint density at radius 3 is 1.75 bits per heavy atom. The van der Waals surface area contributed by atoms with Gasteiger partial charge in [-0.2, -0.15) is 13.2 Å². The summed E-state index contributed by atoms with van der Waals surface area (Å²) in [4.78, 5) is 0. The summed E-state index contributed by atoms with van der Waals surface area (Å²) in [5.74, 6) is -3.21.